The lowest BCUT2D eigenvalue weighted by atomic mass is 9.85. The Labute approximate surface area is 111 Å². The van der Waals surface area contributed by atoms with Crippen molar-refractivity contribution >= 4 is 5.97 Å². The first-order chi connectivity index (χ1) is 9.23. The average Bonchev–Trinajstić information content (AvgIpc) is 2.89. The summed E-state index contributed by atoms with van der Waals surface area (Å²) in [5, 5.41) is 0. The molecule has 0 atom stereocenters. The summed E-state index contributed by atoms with van der Waals surface area (Å²) in [4.78, 5) is 11.7. The van der Waals surface area contributed by atoms with Gasteiger partial charge in [0.1, 0.15) is 0 Å². The van der Waals surface area contributed by atoms with E-state index in [2.05, 4.69) is 12.1 Å². The summed E-state index contributed by atoms with van der Waals surface area (Å²) >= 11 is 0. The Hall–Kier alpha value is -2.35. The van der Waals surface area contributed by atoms with E-state index < -0.39 is 5.60 Å². The van der Waals surface area contributed by atoms with E-state index in [-0.39, 0.29) is 5.97 Å². The van der Waals surface area contributed by atoms with Gasteiger partial charge in [-0.3, -0.25) is 0 Å². The Bertz CT molecular complexity index is 695. The minimum Gasteiger partial charge on any atom is -0.441 e. The summed E-state index contributed by atoms with van der Waals surface area (Å²) in [6.45, 7) is 1.96. The first-order valence-electron chi connectivity index (χ1n) is 6.34. The van der Waals surface area contributed by atoms with E-state index in [1.807, 2.05) is 43.3 Å². The molecule has 4 rings (SSSR count). The minimum absolute atomic E-state index is 0.260. The van der Waals surface area contributed by atoms with Crippen LogP contribution in [0, 0.1) is 0 Å². The predicted octanol–water partition coefficient (Wildman–Crippen LogP) is 3.41. The molecule has 0 radical (unpaired) electrons. The van der Waals surface area contributed by atoms with Crippen LogP contribution in [0.4, 0.5) is 0 Å². The largest absolute Gasteiger partial charge is 0.441 e. The zero-order chi connectivity index (χ0) is 13.0. The highest BCUT2D eigenvalue weighted by molar-refractivity contribution is 5.92. The van der Waals surface area contributed by atoms with Crippen molar-refractivity contribution in [3.63, 3.8) is 0 Å². The van der Waals surface area contributed by atoms with Gasteiger partial charge in [-0.15, -0.1) is 0 Å². The van der Waals surface area contributed by atoms with E-state index in [0.717, 1.165) is 27.8 Å². The van der Waals surface area contributed by atoms with Crippen molar-refractivity contribution in [3.8, 4) is 11.1 Å². The lowest BCUT2D eigenvalue weighted by Gasteiger charge is -2.27. The molecule has 0 saturated carbocycles. The van der Waals surface area contributed by atoms with E-state index in [0.29, 0.717) is 0 Å². The van der Waals surface area contributed by atoms with Crippen molar-refractivity contribution < 1.29 is 9.53 Å². The van der Waals surface area contributed by atoms with Crippen molar-refractivity contribution in [2.75, 3.05) is 0 Å². The summed E-state index contributed by atoms with van der Waals surface area (Å²) in [7, 11) is 0. The number of hydrogen-bond donors (Lipinski definition) is 0. The second-order valence-corrected chi connectivity index (χ2v) is 5.02. The summed E-state index contributed by atoms with van der Waals surface area (Å²) in [5.74, 6) is -0.260. The Morgan fingerprint density at radius 1 is 0.895 bits per heavy atom. The highest BCUT2D eigenvalue weighted by Gasteiger charge is 2.50. The molecule has 0 aromatic heterocycles. The second-order valence-electron chi connectivity index (χ2n) is 5.02. The summed E-state index contributed by atoms with van der Waals surface area (Å²) in [5.41, 5.74) is 4.69. The van der Waals surface area contributed by atoms with Crippen LogP contribution in [0.3, 0.4) is 0 Å². The first-order valence-corrected chi connectivity index (χ1v) is 6.34. The van der Waals surface area contributed by atoms with E-state index in [1.165, 1.54) is 0 Å². The highest BCUT2D eigenvalue weighted by atomic mass is 16.6. The van der Waals surface area contributed by atoms with Crippen LogP contribution in [0.2, 0.25) is 0 Å². The maximum absolute atomic E-state index is 11.7. The number of ether oxygens (including phenoxy) is 1. The molecule has 2 aromatic rings. The molecule has 1 heterocycles. The molecule has 1 aliphatic carbocycles. The molecule has 1 spiro atoms. The number of esters is 1. The quantitative estimate of drug-likeness (QED) is 0.668. The van der Waals surface area contributed by atoms with Crippen molar-refractivity contribution in [2.45, 2.75) is 12.5 Å². The minimum atomic E-state index is -0.704. The van der Waals surface area contributed by atoms with Gasteiger partial charge in [0.15, 0.2) is 5.60 Å². The topological polar surface area (TPSA) is 26.3 Å². The van der Waals surface area contributed by atoms with Crippen LogP contribution < -0.4 is 0 Å². The number of carbonyl (C=O) groups excluding carboxylic acids is 1. The summed E-state index contributed by atoms with van der Waals surface area (Å²) in [6.07, 6.45) is 1.60. The number of fused-ring (bicyclic) bond motifs is 5. The fourth-order valence-electron chi connectivity index (χ4n) is 3.27. The number of rotatable bonds is 0. The van der Waals surface area contributed by atoms with Crippen molar-refractivity contribution in [2.24, 2.45) is 0 Å². The van der Waals surface area contributed by atoms with E-state index in [4.69, 9.17) is 4.74 Å². The second kappa shape index (κ2) is 3.35. The van der Waals surface area contributed by atoms with Gasteiger partial charge in [-0.05, 0) is 23.6 Å². The normalized spacial score (nSPS) is 17.9. The third-order valence-electron chi connectivity index (χ3n) is 4.05. The van der Waals surface area contributed by atoms with E-state index in [1.54, 1.807) is 6.08 Å². The SMILES string of the molecule is CC1=CC(=O)OC12c1ccccc1-c1ccccc12. The predicted molar refractivity (Wildman–Crippen MR) is 72.5 cm³/mol. The smallest absolute Gasteiger partial charge is 0.332 e. The molecule has 2 aromatic carbocycles. The molecule has 2 nitrogen and oxygen atoms in total. The van der Waals surface area contributed by atoms with Crippen LogP contribution in [0.15, 0.2) is 60.2 Å². The lowest BCUT2D eigenvalue weighted by Crippen LogP contribution is -2.27. The third-order valence-corrected chi connectivity index (χ3v) is 4.05. The lowest BCUT2D eigenvalue weighted by molar-refractivity contribution is -0.143. The monoisotopic (exact) mass is 248 g/mol. The van der Waals surface area contributed by atoms with Crippen LogP contribution in [0.5, 0.6) is 0 Å². The number of carbonyl (C=O) groups is 1. The van der Waals surface area contributed by atoms with Gasteiger partial charge < -0.3 is 4.74 Å². The van der Waals surface area contributed by atoms with Gasteiger partial charge in [0.05, 0.1) is 0 Å². The molecule has 19 heavy (non-hydrogen) atoms. The third kappa shape index (κ3) is 1.14. The maximum atomic E-state index is 11.7. The summed E-state index contributed by atoms with van der Waals surface area (Å²) < 4.78 is 5.74. The fraction of sp³-hybridized carbons (Fsp3) is 0.118. The molecule has 0 fully saturated rings. The van der Waals surface area contributed by atoms with Gasteiger partial charge in [0, 0.05) is 17.2 Å². The molecule has 2 heteroatoms. The molecule has 0 N–H and O–H groups in total. The van der Waals surface area contributed by atoms with Gasteiger partial charge >= 0.3 is 5.97 Å². The van der Waals surface area contributed by atoms with Crippen LogP contribution in [-0.2, 0) is 15.1 Å². The molecule has 0 amide bonds. The molecule has 2 aliphatic rings. The Kier molecular flexibility index (Phi) is 1.86. The van der Waals surface area contributed by atoms with Crippen LogP contribution >= 0.6 is 0 Å². The van der Waals surface area contributed by atoms with Crippen molar-refractivity contribution in [1.29, 1.82) is 0 Å². The van der Waals surface area contributed by atoms with Crippen molar-refractivity contribution in [1.82, 2.24) is 0 Å². The van der Waals surface area contributed by atoms with Crippen LogP contribution in [0.25, 0.3) is 11.1 Å². The Morgan fingerprint density at radius 3 is 1.89 bits per heavy atom. The first kappa shape index (κ1) is 10.6. The number of hydrogen-bond acceptors (Lipinski definition) is 2. The average molecular weight is 248 g/mol. The number of benzene rings is 2. The molecule has 0 saturated heterocycles. The molecule has 0 bridgehead atoms. The Balaban J connectivity index is 2.13. The van der Waals surface area contributed by atoms with Crippen molar-refractivity contribution in [3.05, 3.63) is 71.3 Å². The van der Waals surface area contributed by atoms with Gasteiger partial charge in [-0.25, -0.2) is 4.79 Å². The van der Waals surface area contributed by atoms with Gasteiger partial charge in [0.25, 0.3) is 0 Å². The molecule has 1 aliphatic heterocycles. The highest BCUT2D eigenvalue weighted by Crippen LogP contribution is 2.54. The zero-order valence-electron chi connectivity index (χ0n) is 10.5. The standard InChI is InChI=1S/C17H12O2/c1-11-10-16(18)19-17(11)14-8-4-2-6-12(14)13-7-3-5-9-15(13)17/h2-10H,1H3. The molecular formula is C17H12O2. The van der Waals surface area contributed by atoms with E-state index >= 15 is 0 Å². The molecule has 92 valence electrons. The van der Waals surface area contributed by atoms with Gasteiger partial charge in [-0.1, -0.05) is 48.5 Å². The molecule has 0 unspecified atom stereocenters. The maximum Gasteiger partial charge on any atom is 0.332 e. The molecular weight excluding hydrogens is 236 g/mol. The fourth-order valence-corrected chi connectivity index (χ4v) is 3.27. The van der Waals surface area contributed by atoms with Gasteiger partial charge in [-0.2, -0.15) is 0 Å². The van der Waals surface area contributed by atoms with Crippen LogP contribution in [0.1, 0.15) is 18.1 Å². The Morgan fingerprint density at radius 2 is 1.42 bits per heavy atom. The van der Waals surface area contributed by atoms with Gasteiger partial charge in [0.2, 0.25) is 0 Å². The summed E-state index contributed by atoms with van der Waals surface area (Å²) in [6, 6.07) is 16.3. The zero-order valence-corrected chi connectivity index (χ0v) is 10.5. The van der Waals surface area contributed by atoms with E-state index in [9.17, 15) is 4.79 Å². The van der Waals surface area contributed by atoms with Crippen LogP contribution in [-0.4, -0.2) is 5.97 Å².